The summed E-state index contributed by atoms with van der Waals surface area (Å²) in [6.45, 7) is 4.61. The largest absolute Gasteiger partial charge is 0.479 e. The van der Waals surface area contributed by atoms with Crippen molar-refractivity contribution in [2.24, 2.45) is 5.92 Å². The number of nitrogens with one attached hydrogen (secondary N) is 1. The maximum Gasteiger partial charge on any atom is 0.263 e. The van der Waals surface area contributed by atoms with Gasteiger partial charge in [-0.2, -0.15) is 0 Å². The minimum Gasteiger partial charge on any atom is -0.479 e. The van der Waals surface area contributed by atoms with Crippen molar-refractivity contribution in [3.8, 4) is 5.75 Å². The molecular formula is C17H27Cl2N3O2. The van der Waals surface area contributed by atoms with Gasteiger partial charge in [-0.05, 0) is 57.2 Å². The molecule has 2 fully saturated rings. The molecule has 1 atom stereocenters. The van der Waals surface area contributed by atoms with E-state index in [2.05, 4.69) is 10.3 Å². The first-order valence-corrected chi connectivity index (χ1v) is 8.31. The van der Waals surface area contributed by atoms with Gasteiger partial charge in [0.05, 0.1) is 6.20 Å². The van der Waals surface area contributed by atoms with Crippen LogP contribution in [0, 0.1) is 5.92 Å². The van der Waals surface area contributed by atoms with E-state index in [-0.39, 0.29) is 30.7 Å². The van der Waals surface area contributed by atoms with Crippen LogP contribution < -0.4 is 10.1 Å². The molecular weight excluding hydrogens is 349 g/mol. The van der Waals surface area contributed by atoms with E-state index < -0.39 is 6.10 Å². The summed E-state index contributed by atoms with van der Waals surface area (Å²) in [5.41, 5.74) is 0. The molecule has 24 heavy (non-hydrogen) atoms. The third-order valence-electron chi connectivity index (χ3n) is 4.49. The summed E-state index contributed by atoms with van der Waals surface area (Å²) >= 11 is 0. The number of likely N-dealkylation sites (tertiary alicyclic amines) is 1. The number of carbonyl (C=O) groups excluding carboxylic acids is 1. The van der Waals surface area contributed by atoms with Gasteiger partial charge in [0.2, 0.25) is 0 Å². The minimum atomic E-state index is -0.458. The van der Waals surface area contributed by atoms with Crippen molar-refractivity contribution >= 4 is 30.7 Å². The molecule has 1 unspecified atom stereocenters. The van der Waals surface area contributed by atoms with E-state index in [0.717, 1.165) is 38.4 Å². The van der Waals surface area contributed by atoms with Crippen LogP contribution in [0.15, 0.2) is 24.5 Å². The topological polar surface area (TPSA) is 54.5 Å². The third-order valence-corrected chi connectivity index (χ3v) is 4.49. The highest BCUT2D eigenvalue weighted by molar-refractivity contribution is 5.85. The van der Waals surface area contributed by atoms with Gasteiger partial charge in [0.1, 0.15) is 5.75 Å². The number of piperidine rings is 1. The van der Waals surface area contributed by atoms with E-state index in [1.807, 2.05) is 24.0 Å². The highest BCUT2D eigenvalue weighted by atomic mass is 35.5. The zero-order valence-electron chi connectivity index (χ0n) is 14.0. The van der Waals surface area contributed by atoms with Gasteiger partial charge in [0.25, 0.3) is 5.91 Å². The van der Waals surface area contributed by atoms with Gasteiger partial charge in [-0.3, -0.25) is 9.78 Å². The number of rotatable bonds is 6. The number of ether oxygens (including phenoxy) is 1. The Morgan fingerprint density at radius 3 is 2.62 bits per heavy atom. The van der Waals surface area contributed by atoms with E-state index in [1.54, 1.807) is 12.4 Å². The van der Waals surface area contributed by atoms with E-state index in [4.69, 9.17) is 4.74 Å². The van der Waals surface area contributed by atoms with Crippen LogP contribution in [0.2, 0.25) is 0 Å². The Morgan fingerprint density at radius 2 is 2.04 bits per heavy atom. The summed E-state index contributed by atoms with van der Waals surface area (Å²) < 4.78 is 5.67. The molecule has 1 aromatic rings. The van der Waals surface area contributed by atoms with Crippen LogP contribution >= 0.6 is 24.8 Å². The van der Waals surface area contributed by atoms with Gasteiger partial charge in [0, 0.05) is 25.3 Å². The summed E-state index contributed by atoms with van der Waals surface area (Å²) in [6.07, 6.45) is 7.72. The van der Waals surface area contributed by atoms with E-state index >= 15 is 0 Å². The fourth-order valence-corrected chi connectivity index (χ4v) is 2.89. The molecule has 1 aliphatic heterocycles. The molecule has 7 heteroatoms. The lowest BCUT2D eigenvalue weighted by Crippen LogP contribution is -2.48. The van der Waals surface area contributed by atoms with Crippen molar-refractivity contribution in [1.29, 1.82) is 0 Å². The van der Waals surface area contributed by atoms with Gasteiger partial charge in [-0.25, -0.2) is 0 Å². The van der Waals surface area contributed by atoms with E-state index in [1.165, 1.54) is 12.8 Å². The number of hydrogen-bond donors (Lipinski definition) is 1. The first-order valence-electron chi connectivity index (χ1n) is 8.31. The second-order valence-corrected chi connectivity index (χ2v) is 6.40. The molecule has 5 nitrogen and oxygen atoms in total. The Bertz CT molecular complexity index is 492. The van der Waals surface area contributed by atoms with Gasteiger partial charge in [-0.15, -0.1) is 24.8 Å². The van der Waals surface area contributed by atoms with Crippen molar-refractivity contribution < 1.29 is 9.53 Å². The third kappa shape index (κ3) is 6.11. The lowest BCUT2D eigenvalue weighted by atomic mass is 10.0. The average Bonchev–Trinajstić information content (AvgIpc) is 3.38. The molecule has 3 rings (SSSR count). The Balaban J connectivity index is 0.00000144. The predicted molar refractivity (Wildman–Crippen MR) is 99.2 cm³/mol. The van der Waals surface area contributed by atoms with Gasteiger partial charge < -0.3 is 15.0 Å². The number of halogens is 2. The second-order valence-electron chi connectivity index (χ2n) is 6.40. The van der Waals surface area contributed by atoms with Crippen molar-refractivity contribution in [2.75, 3.05) is 19.6 Å². The monoisotopic (exact) mass is 375 g/mol. The Kier molecular flexibility index (Phi) is 8.81. The molecule has 1 N–H and O–H groups in total. The predicted octanol–water partition coefficient (Wildman–Crippen LogP) is 2.68. The van der Waals surface area contributed by atoms with Crippen molar-refractivity contribution in [3.05, 3.63) is 24.5 Å². The Labute approximate surface area is 156 Å². The quantitative estimate of drug-likeness (QED) is 0.830. The first kappa shape index (κ1) is 21.0. The smallest absolute Gasteiger partial charge is 0.263 e. The molecule has 0 bridgehead atoms. The second kappa shape index (κ2) is 10.1. The average molecular weight is 376 g/mol. The normalized spacial score (nSPS) is 19.0. The summed E-state index contributed by atoms with van der Waals surface area (Å²) in [7, 11) is 0. The van der Waals surface area contributed by atoms with E-state index in [0.29, 0.717) is 11.8 Å². The van der Waals surface area contributed by atoms with Crippen LogP contribution in [0.25, 0.3) is 0 Å². The number of hydrogen-bond acceptors (Lipinski definition) is 4. The minimum absolute atomic E-state index is 0. The van der Waals surface area contributed by atoms with Gasteiger partial charge in [0.15, 0.2) is 6.10 Å². The lowest BCUT2D eigenvalue weighted by Gasteiger charge is -2.34. The Hall–Kier alpha value is -1.04. The highest BCUT2D eigenvalue weighted by Crippen LogP contribution is 2.28. The fourth-order valence-electron chi connectivity index (χ4n) is 2.89. The zero-order valence-corrected chi connectivity index (χ0v) is 15.7. The summed E-state index contributed by atoms with van der Waals surface area (Å²) in [5.74, 6) is 1.63. The zero-order chi connectivity index (χ0) is 15.4. The molecule has 1 amide bonds. The SMILES string of the molecule is CC(Oc1cccnc1)C(=O)N1CCC(NCC2CC2)CC1.Cl.Cl. The standard InChI is InChI=1S/C17H25N3O2.2ClH/c1-13(22-16-3-2-8-18-12-16)17(21)20-9-6-15(7-10-20)19-11-14-4-5-14;;/h2-3,8,12-15,19H,4-7,9-11H2,1H3;2*1H. The first-order chi connectivity index (χ1) is 10.7. The maximum atomic E-state index is 12.4. The van der Waals surface area contributed by atoms with E-state index in [9.17, 15) is 4.79 Å². The Morgan fingerprint density at radius 1 is 1.33 bits per heavy atom. The number of pyridine rings is 1. The van der Waals surface area contributed by atoms with Crippen LogP contribution in [-0.2, 0) is 4.79 Å². The van der Waals surface area contributed by atoms with Crippen LogP contribution in [0.4, 0.5) is 0 Å². The lowest BCUT2D eigenvalue weighted by molar-refractivity contribution is -0.139. The number of amides is 1. The highest BCUT2D eigenvalue weighted by Gasteiger charge is 2.28. The molecule has 0 radical (unpaired) electrons. The maximum absolute atomic E-state index is 12.4. The molecule has 1 aliphatic carbocycles. The number of carbonyl (C=O) groups is 1. The summed E-state index contributed by atoms with van der Waals surface area (Å²) in [4.78, 5) is 18.4. The molecule has 1 aromatic heterocycles. The molecule has 0 spiro atoms. The molecule has 0 aromatic carbocycles. The van der Waals surface area contributed by atoms with Crippen molar-refractivity contribution in [3.63, 3.8) is 0 Å². The van der Waals surface area contributed by atoms with Crippen LogP contribution in [-0.4, -0.2) is 47.6 Å². The number of nitrogens with zero attached hydrogens (tertiary/aromatic N) is 2. The van der Waals surface area contributed by atoms with Crippen LogP contribution in [0.1, 0.15) is 32.6 Å². The van der Waals surface area contributed by atoms with Gasteiger partial charge >= 0.3 is 0 Å². The van der Waals surface area contributed by atoms with Crippen molar-refractivity contribution in [1.82, 2.24) is 15.2 Å². The summed E-state index contributed by atoms with van der Waals surface area (Å²) in [6, 6.07) is 4.20. The molecule has 2 heterocycles. The fraction of sp³-hybridized carbons (Fsp3) is 0.647. The molecule has 1 saturated carbocycles. The number of aromatic nitrogens is 1. The van der Waals surface area contributed by atoms with Crippen molar-refractivity contribution in [2.45, 2.75) is 44.8 Å². The van der Waals surface area contributed by atoms with Crippen LogP contribution in [0.3, 0.4) is 0 Å². The van der Waals surface area contributed by atoms with Gasteiger partial charge in [-0.1, -0.05) is 0 Å². The molecule has 136 valence electrons. The summed E-state index contributed by atoms with van der Waals surface area (Å²) in [5, 5.41) is 3.63. The van der Waals surface area contributed by atoms with Crippen LogP contribution in [0.5, 0.6) is 5.75 Å². The molecule has 2 aliphatic rings. The molecule has 1 saturated heterocycles.